The predicted octanol–water partition coefficient (Wildman–Crippen LogP) is 4.05. The van der Waals surface area contributed by atoms with Gasteiger partial charge in [0.2, 0.25) is 5.13 Å². The minimum Gasteiger partial charge on any atom is -0.298 e. The van der Waals surface area contributed by atoms with Gasteiger partial charge in [0, 0.05) is 17.1 Å². The summed E-state index contributed by atoms with van der Waals surface area (Å²) in [7, 11) is 0. The number of nitrogens with one attached hydrogen (secondary N) is 1. The van der Waals surface area contributed by atoms with Crippen LogP contribution < -0.4 is 10.3 Å². The molecule has 1 atom stereocenters. The normalized spacial score (nSPS) is 16.0. The molecule has 0 aliphatic carbocycles. The Kier molecular flexibility index (Phi) is 6.02. The number of thiophene rings is 1. The van der Waals surface area contributed by atoms with E-state index >= 15 is 0 Å². The van der Waals surface area contributed by atoms with E-state index in [1.807, 2.05) is 41.8 Å². The van der Waals surface area contributed by atoms with Crippen molar-refractivity contribution in [2.45, 2.75) is 29.5 Å². The third-order valence-corrected chi connectivity index (χ3v) is 7.29. The molecule has 3 aromatic rings. The summed E-state index contributed by atoms with van der Waals surface area (Å²) in [6, 6.07) is 13.0. The standard InChI is InChI=1S/C19H17N5O2S3/c1-12(25)16-10-15(23-24(16)13-6-3-2-4-7-13)17(26)20-18-21-22-19(29-18)28-11-14-8-5-9-27-14/h2-9,16H,10-11H2,1H3,(H,20,21,26)/t16-/m1/s1. The second-order valence-corrected chi connectivity index (χ2v) is 9.48. The number of carbonyl (C=O) groups is 2. The van der Waals surface area contributed by atoms with Crippen LogP contribution in [0.3, 0.4) is 0 Å². The Morgan fingerprint density at radius 1 is 1.21 bits per heavy atom. The molecular weight excluding hydrogens is 426 g/mol. The molecule has 4 rings (SSSR count). The van der Waals surface area contributed by atoms with E-state index in [2.05, 4.69) is 26.7 Å². The Labute approximate surface area is 179 Å². The van der Waals surface area contributed by atoms with Gasteiger partial charge in [-0.1, -0.05) is 47.4 Å². The van der Waals surface area contributed by atoms with Gasteiger partial charge >= 0.3 is 0 Å². The van der Waals surface area contributed by atoms with E-state index in [4.69, 9.17) is 0 Å². The molecule has 1 aliphatic heterocycles. The minimum absolute atomic E-state index is 0.0384. The van der Waals surface area contributed by atoms with Gasteiger partial charge in [-0.15, -0.1) is 21.5 Å². The van der Waals surface area contributed by atoms with Crippen LogP contribution in [0, 0.1) is 0 Å². The van der Waals surface area contributed by atoms with Crippen molar-refractivity contribution in [2.24, 2.45) is 5.10 Å². The van der Waals surface area contributed by atoms with Crippen molar-refractivity contribution in [1.29, 1.82) is 0 Å². The molecule has 1 aliphatic rings. The maximum Gasteiger partial charge on any atom is 0.273 e. The Balaban J connectivity index is 1.42. The topological polar surface area (TPSA) is 87.5 Å². The van der Waals surface area contributed by atoms with Crippen molar-refractivity contribution in [2.75, 3.05) is 10.3 Å². The Hall–Kier alpha value is -2.56. The minimum atomic E-state index is -0.482. The van der Waals surface area contributed by atoms with Gasteiger partial charge in [0.25, 0.3) is 5.91 Å². The van der Waals surface area contributed by atoms with Crippen molar-refractivity contribution < 1.29 is 9.59 Å². The highest BCUT2D eigenvalue weighted by atomic mass is 32.2. The second-order valence-electron chi connectivity index (χ2n) is 6.25. The number of hydrogen-bond acceptors (Lipinski definition) is 9. The third kappa shape index (κ3) is 4.72. The number of para-hydroxylation sites is 1. The van der Waals surface area contributed by atoms with E-state index in [1.165, 1.54) is 23.1 Å². The summed E-state index contributed by atoms with van der Waals surface area (Å²) in [4.78, 5) is 26.0. The van der Waals surface area contributed by atoms with Gasteiger partial charge in [0.1, 0.15) is 11.8 Å². The zero-order chi connectivity index (χ0) is 20.2. The van der Waals surface area contributed by atoms with Crippen LogP contribution in [0.15, 0.2) is 57.3 Å². The summed E-state index contributed by atoms with van der Waals surface area (Å²) in [5.41, 5.74) is 1.08. The van der Waals surface area contributed by atoms with E-state index in [0.717, 1.165) is 15.8 Å². The van der Waals surface area contributed by atoms with E-state index in [1.54, 1.807) is 28.1 Å². The summed E-state index contributed by atoms with van der Waals surface area (Å²) in [6.07, 6.45) is 0.259. The molecule has 0 unspecified atom stereocenters. The molecule has 7 nitrogen and oxygen atoms in total. The number of thioether (sulfide) groups is 1. The van der Waals surface area contributed by atoms with Gasteiger partial charge in [-0.05, 0) is 30.5 Å². The van der Waals surface area contributed by atoms with Gasteiger partial charge in [0.15, 0.2) is 10.1 Å². The number of rotatable bonds is 7. The van der Waals surface area contributed by atoms with Crippen molar-refractivity contribution in [3.8, 4) is 0 Å². The highest BCUT2D eigenvalue weighted by Crippen LogP contribution is 2.30. The third-order valence-electron chi connectivity index (χ3n) is 4.21. The number of hydrogen-bond donors (Lipinski definition) is 1. The van der Waals surface area contributed by atoms with E-state index in [0.29, 0.717) is 10.8 Å². The first kappa shape index (κ1) is 19.7. The molecule has 0 spiro atoms. The Morgan fingerprint density at radius 2 is 2.03 bits per heavy atom. The number of carbonyl (C=O) groups excluding carboxylic acids is 2. The van der Waals surface area contributed by atoms with Crippen LogP contribution in [-0.4, -0.2) is 33.6 Å². The molecule has 148 valence electrons. The quantitative estimate of drug-likeness (QED) is 0.438. The molecule has 1 aromatic carbocycles. The fraction of sp³-hybridized carbons (Fsp3) is 0.211. The second kappa shape index (κ2) is 8.85. The molecule has 1 amide bonds. The lowest BCUT2D eigenvalue weighted by molar-refractivity contribution is -0.118. The van der Waals surface area contributed by atoms with E-state index in [-0.39, 0.29) is 18.1 Å². The first-order chi connectivity index (χ1) is 14.1. The molecule has 0 bridgehead atoms. The maximum atomic E-state index is 12.7. The number of Topliss-reactive ketones (excluding diaryl/α,β-unsaturated/α-hetero) is 1. The van der Waals surface area contributed by atoms with Crippen LogP contribution in [0.4, 0.5) is 10.8 Å². The lowest BCUT2D eigenvalue weighted by Crippen LogP contribution is -2.33. The lowest BCUT2D eigenvalue weighted by Gasteiger charge is -2.20. The molecule has 2 aromatic heterocycles. The summed E-state index contributed by atoms with van der Waals surface area (Å²) in [5, 5.41) is 19.4. The smallest absolute Gasteiger partial charge is 0.273 e. The fourth-order valence-electron chi connectivity index (χ4n) is 2.80. The summed E-state index contributed by atoms with van der Waals surface area (Å²) in [6.45, 7) is 1.51. The number of anilines is 2. The molecular formula is C19H17N5O2S3. The molecule has 0 fully saturated rings. The predicted molar refractivity (Wildman–Crippen MR) is 118 cm³/mol. The zero-order valence-electron chi connectivity index (χ0n) is 15.4. The van der Waals surface area contributed by atoms with Crippen LogP contribution in [0.25, 0.3) is 0 Å². The van der Waals surface area contributed by atoms with E-state index in [9.17, 15) is 9.59 Å². The number of ketones is 1. The Bertz CT molecular complexity index is 1030. The largest absolute Gasteiger partial charge is 0.298 e. The molecule has 0 radical (unpaired) electrons. The molecule has 1 N–H and O–H groups in total. The molecule has 0 saturated carbocycles. The maximum absolute atomic E-state index is 12.7. The summed E-state index contributed by atoms with van der Waals surface area (Å²) >= 11 is 4.60. The molecule has 10 heteroatoms. The number of hydrazone groups is 1. The van der Waals surface area contributed by atoms with Gasteiger partial charge in [0.05, 0.1) is 5.69 Å². The van der Waals surface area contributed by atoms with Crippen LogP contribution in [-0.2, 0) is 15.3 Å². The first-order valence-electron chi connectivity index (χ1n) is 8.82. The molecule has 0 saturated heterocycles. The van der Waals surface area contributed by atoms with Crippen molar-refractivity contribution in [1.82, 2.24) is 10.2 Å². The highest BCUT2D eigenvalue weighted by molar-refractivity contribution is 8.00. The van der Waals surface area contributed by atoms with Gasteiger partial charge < -0.3 is 0 Å². The van der Waals surface area contributed by atoms with Gasteiger partial charge in [-0.25, -0.2) is 0 Å². The summed E-state index contributed by atoms with van der Waals surface area (Å²) < 4.78 is 0.787. The first-order valence-corrected chi connectivity index (χ1v) is 11.5. The number of amides is 1. The van der Waals surface area contributed by atoms with Crippen LogP contribution in [0.2, 0.25) is 0 Å². The highest BCUT2D eigenvalue weighted by Gasteiger charge is 2.34. The summed E-state index contributed by atoms with van der Waals surface area (Å²) in [5.74, 6) is 0.420. The number of benzene rings is 1. The lowest BCUT2D eigenvalue weighted by atomic mass is 10.1. The SMILES string of the molecule is CC(=O)[C@H]1CC(C(=O)Nc2nnc(SCc3cccs3)s2)=NN1c1ccccc1. The number of aromatic nitrogens is 2. The zero-order valence-corrected chi connectivity index (χ0v) is 17.9. The van der Waals surface area contributed by atoms with Gasteiger partial charge in [-0.2, -0.15) is 5.10 Å². The van der Waals surface area contributed by atoms with E-state index < -0.39 is 6.04 Å². The van der Waals surface area contributed by atoms with Crippen LogP contribution in [0.5, 0.6) is 0 Å². The van der Waals surface area contributed by atoms with Gasteiger partial charge in [-0.3, -0.25) is 19.9 Å². The Morgan fingerprint density at radius 3 is 2.76 bits per heavy atom. The van der Waals surface area contributed by atoms with Crippen molar-refractivity contribution in [3.63, 3.8) is 0 Å². The van der Waals surface area contributed by atoms with Crippen molar-refractivity contribution >= 4 is 62.7 Å². The average Bonchev–Trinajstić information content (AvgIpc) is 3.47. The average molecular weight is 444 g/mol. The molecule has 29 heavy (non-hydrogen) atoms. The van der Waals surface area contributed by atoms with Crippen LogP contribution in [0.1, 0.15) is 18.2 Å². The molecule has 3 heterocycles. The fourth-order valence-corrected chi connectivity index (χ4v) is 5.32. The van der Waals surface area contributed by atoms with Crippen LogP contribution >= 0.6 is 34.4 Å². The number of nitrogens with zero attached hydrogens (tertiary/aromatic N) is 4. The van der Waals surface area contributed by atoms with Crippen molar-refractivity contribution in [3.05, 3.63) is 52.7 Å². The monoisotopic (exact) mass is 443 g/mol.